The number of benzene rings is 2. The zero-order valence-corrected chi connectivity index (χ0v) is 15.4. The quantitative estimate of drug-likeness (QED) is 0.660. The SMILES string of the molecule is COc1cccc(C[NH2+]Cc2ccncc2)c1OCc1ccc(Cl)cc1. The highest BCUT2D eigenvalue weighted by atomic mass is 35.5. The number of para-hydroxylation sites is 1. The van der Waals surface area contributed by atoms with Gasteiger partial charge < -0.3 is 14.8 Å². The van der Waals surface area contributed by atoms with Crippen molar-refractivity contribution in [3.63, 3.8) is 0 Å². The van der Waals surface area contributed by atoms with Crippen molar-refractivity contribution < 1.29 is 14.8 Å². The van der Waals surface area contributed by atoms with Crippen molar-refractivity contribution in [2.24, 2.45) is 0 Å². The summed E-state index contributed by atoms with van der Waals surface area (Å²) in [4.78, 5) is 4.05. The van der Waals surface area contributed by atoms with Gasteiger partial charge in [0, 0.05) is 23.0 Å². The van der Waals surface area contributed by atoms with E-state index in [1.807, 2.05) is 60.9 Å². The number of hydrogen-bond donors (Lipinski definition) is 1. The molecule has 0 amide bonds. The lowest BCUT2D eigenvalue weighted by Gasteiger charge is -2.14. The van der Waals surface area contributed by atoms with E-state index in [4.69, 9.17) is 21.1 Å². The van der Waals surface area contributed by atoms with E-state index < -0.39 is 0 Å². The van der Waals surface area contributed by atoms with Gasteiger partial charge in [-0.2, -0.15) is 0 Å². The zero-order chi connectivity index (χ0) is 18.2. The standard InChI is InChI=1S/C21H21ClN2O2/c1-25-20-4-2-3-18(14-24-13-16-9-11-23-12-10-16)21(20)26-15-17-5-7-19(22)8-6-17/h2-12,24H,13-15H2,1H3/p+1. The number of hydrogen-bond acceptors (Lipinski definition) is 3. The maximum atomic E-state index is 6.09. The smallest absolute Gasteiger partial charge is 0.170 e. The Morgan fingerprint density at radius 1 is 0.923 bits per heavy atom. The number of rotatable bonds is 8. The van der Waals surface area contributed by atoms with Crippen molar-refractivity contribution in [3.05, 3.63) is 88.7 Å². The highest BCUT2D eigenvalue weighted by Gasteiger charge is 2.12. The predicted molar refractivity (Wildman–Crippen MR) is 102 cm³/mol. The average molecular weight is 370 g/mol. The minimum atomic E-state index is 0.467. The minimum Gasteiger partial charge on any atom is -0.493 e. The molecule has 134 valence electrons. The molecule has 0 spiro atoms. The van der Waals surface area contributed by atoms with Crippen LogP contribution >= 0.6 is 11.6 Å². The third-order valence-corrected chi connectivity index (χ3v) is 4.32. The molecule has 0 aliphatic rings. The van der Waals surface area contributed by atoms with E-state index in [-0.39, 0.29) is 0 Å². The maximum absolute atomic E-state index is 6.09. The summed E-state index contributed by atoms with van der Waals surface area (Å²) in [5.74, 6) is 1.53. The van der Waals surface area contributed by atoms with Gasteiger partial charge in [-0.3, -0.25) is 4.98 Å². The molecule has 5 heteroatoms. The average Bonchev–Trinajstić information content (AvgIpc) is 2.69. The van der Waals surface area contributed by atoms with Crippen LogP contribution in [-0.4, -0.2) is 12.1 Å². The van der Waals surface area contributed by atoms with E-state index in [0.717, 1.165) is 40.7 Å². The largest absolute Gasteiger partial charge is 0.493 e. The number of quaternary nitrogens is 1. The highest BCUT2D eigenvalue weighted by molar-refractivity contribution is 6.30. The van der Waals surface area contributed by atoms with Crippen LogP contribution in [0, 0.1) is 0 Å². The first kappa shape index (κ1) is 18.2. The monoisotopic (exact) mass is 369 g/mol. The topological polar surface area (TPSA) is 48.0 Å². The first-order valence-corrected chi connectivity index (χ1v) is 8.88. The fraction of sp³-hybridized carbons (Fsp3) is 0.190. The lowest BCUT2D eigenvalue weighted by Crippen LogP contribution is -2.80. The van der Waals surface area contributed by atoms with E-state index in [1.165, 1.54) is 5.56 Å². The molecule has 3 rings (SSSR count). The van der Waals surface area contributed by atoms with Gasteiger partial charge in [-0.15, -0.1) is 0 Å². The van der Waals surface area contributed by atoms with Gasteiger partial charge in [0.25, 0.3) is 0 Å². The Balaban J connectivity index is 1.67. The van der Waals surface area contributed by atoms with Crippen molar-refractivity contribution in [3.8, 4) is 11.5 Å². The normalized spacial score (nSPS) is 10.5. The molecule has 0 unspecified atom stereocenters. The van der Waals surface area contributed by atoms with Gasteiger partial charge in [0.15, 0.2) is 11.5 Å². The van der Waals surface area contributed by atoms with Crippen LogP contribution in [0.4, 0.5) is 0 Å². The highest BCUT2D eigenvalue weighted by Crippen LogP contribution is 2.31. The van der Waals surface area contributed by atoms with Gasteiger partial charge in [-0.1, -0.05) is 29.8 Å². The van der Waals surface area contributed by atoms with Crippen molar-refractivity contribution >= 4 is 11.6 Å². The second-order valence-electron chi connectivity index (χ2n) is 5.92. The van der Waals surface area contributed by atoms with E-state index in [1.54, 1.807) is 7.11 Å². The van der Waals surface area contributed by atoms with Crippen LogP contribution in [0.1, 0.15) is 16.7 Å². The minimum absolute atomic E-state index is 0.467. The molecule has 0 aliphatic carbocycles. The summed E-state index contributed by atoms with van der Waals surface area (Å²) in [6, 6.07) is 17.7. The zero-order valence-electron chi connectivity index (χ0n) is 14.7. The second-order valence-corrected chi connectivity index (χ2v) is 6.35. The van der Waals surface area contributed by atoms with Crippen LogP contribution in [0.15, 0.2) is 67.0 Å². The molecule has 26 heavy (non-hydrogen) atoms. The first-order chi connectivity index (χ1) is 12.8. The molecular formula is C21H22ClN2O2+. The lowest BCUT2D eigenvalue weighted by atomic mass is 10.1. The third kappa shape index (κ3) is 4.97. The Morgan fingerprint density at radius 2 is 1.69 bits per heavy atom. The fourth-order valence-corrected chi connectivity index (χ4v) is 2.82. The molecule has 1 heterocycles. The second kappa shape index (κ2) is 9.22. The van der Waals surface area contributed by atoms with Crippen LogP contribution in [0.3, 0.4) is 0 Å². The number of halogens is 1. The molecule has 0 fully saturated rings. The first-order valence-electron chi connectivity index (χ1n) is 8.50. The van der Waals surface area contributed by atoms with Crippen molar-refractivity contribution in [2.45, 2.75) is 19.7 Å². The molecule has 0 saturated carbocycles. The summed E-state index contributed by atoms with van der Waals surface area (Å²) in [5, 5.41) is 2.96. The van der Waals surface area contributed by atoms with E-state index >= 15 is 0 Å². The number of nitrogens with zero attached hydrogens (tertiary/aromatic N) is 1. The summed E-state index contributed by atoms with van der Waals surface area (Å²) in [5.41, 5.74) is 3.41. The lowest BCUT2D eigenvalue weighted by molar-refractivity contribution is -0.686. The number of pyridine rings is 1. The molecule has 1 aromatic heterocycles. The van der Waals surface area contributed by atoms with Crippen molar-refractivity contribution in [1.29, 1.82) is 0 Å². The van der Waals surface area contributed by atoms with Crippen molar-refractivity contribution in [2.75, 3.05) is 7.11 Å². The maximum Gasteiger partial charge on any atom is 0.170 e. The van der Waals surface area contributed by atoms with Gasteiger partial charge in [0.2, 0.25) is 0 Å². The van der Waals surface area contributed by atoms with Crippen molar-refractivity contribution in [1.82, 2.24) is 4.98 Å². The molecule has 2 aromatic carbocycles. The molecular weight excluding hydrogens is 348 g/mol. The molecule has 4 nitrogen and oxygen atoms in total. The summed E-state index contributed by atoms with van der Waals surface area (Å²) in [6.07, 6.45) is 3.63. The Morgan fingerprint density at radius 3 is 2.42 bits per heavy atom. The number of methoxy groups -OCH3 is 1. The van der Waals surface area contributed by atoms with Crippen LogP contribution < -0.4 is 14.8 Å². The van der Waals surface area contributed by atoms with Gasteiger partial charge >= 0.3 is 0 Å². The molecule has 0 atom stereocenters. The Labute approximate surface area is 158 Å². The third-order valence-electron chi connectivity index (χ3n) is 4.07. The van der Waals surface area contributed by atoms with Gasteiger partial charge in [-0.05, 0) is 42.0 Å². The number of ether oxygens (including phenoxy) is 2. The predicted octanol–water partition coefficient (Wildman–Crippen LogP) is 3.59. The summed E-state index contributed by atoms with van der Waals surface area (Å²) >= 11 is 5.94. The Bertz CT molecular complexity index is 823. The summed E-state index contributed by atoms with van der Waals surface area (Å²) < 4.78 is 11.6. The van der Waals surface area contributed by atoms with Crippen LogP contribution in [0.5, 0.6) is 11.5 Å². The van der Waals surface area contributed by atoms with Crippen LogP contribution in [0.2, 0.25) is 5.02 Å². The van der Waals surface area contributed by atoms with Crippen LogP contribution in [-0.2, 0) is 19.7 Å². The van der Waals surface area contributed by atoms with Gasteiger partial charge in [-0.25, -0.2) is 0 Å². The van der Waals surface area contributed by atoms with Gasteiger partial charge in [0.1, 0.15) is 19.7 Å². The van der Waals surface area contributed by atoms with Gasteiger partial charge in [0.05, 0.1) is 12.7 Å². The van der Waals surface area contributed by atoms with E-state index in [2.05, 4.69) is 16.4 Å². The summed E-state index contributed by atoms with van der Waals surface area (Å²) in [6.45, 7) is 2.15. The van der Waals surface area contributed by atoms with Crippen LogP contribution in [0.25, 0.3) is 0 Å². The Kier molecular flexibility index (Phi) is 6.47. The molecule has 0 bridgehead atoms. The Hall–Kier alpha value is -2.56. The van der Waals surface area contributed by atoms with E-state index in [0.29, 0.717) is 6.61 Å². The number of aromatic nitrogens is 1. The molecule has 0 radical (unpaired) electrons. The molecule has 0 saturated heterocycles. The molecule has 0 aliphatic heterocycles. The van der Waals surface area contributed by atoms with E-state index in [9.17, 15) is 0 Å². The molecule has 3 aromatic rings. The fourth-order valence-electron chi connectivity index (χ4n) is 2.70. The molecule has 2 N–H and O–H groups in total. The summed E-state index contributed by atoms with van der Waals surface area (Å²) in [7, 11) is 1.66. The number of nitrogens with two attached hydrogens (primary N) is 1.